The number of fused-ring (bicyclic) bond motifs is 3. The van der Waals surface area contributed by atoms with Crippen LogP contribution in [0.25, 0.3) is 0 Å². The van der Waals surface area contributed by atoms with Gasteiger partial charge in [-0.2, -0.15) is 0 Å². The predicted octanol–water partition coefficient (Wildman–Crippen LogP) is 0.442. The second kappa shape index (κ2) is 0.298. The zero-order valence-corrected chi connectivity index (χ0v) is 3.46. The molecule has 0 radical (unpaired) electrons. The Hall–Kier alpha value is -0.300. The highest BCUT2D eigenvalue weighted by Crippen LogP contribution is 2.66. The third-order valence-electron chi connectivity index (χ3n) is 2.28. The summed E-state index contributed by atoms with van der Waals surface area (Å²) < 4.78 is 1.33. The molecule has 30 valence electrons. The quantitative estimate of drug-likeness (QED) is 0.292. The molecule has 2 aliphatic heterocycles. The topological polar surface area (TPSA) is 0 Å². The molecule has 6 heavy (non-hydrogen) atoms. The summed E-state index contributed by atoms with van der Waals surface area (Å²) in [4.78, 5) is 0. The standard InChI is InChI=1S/C5H6N/c1-2-6(1)4-3-5(4)6/h1-2,4-5H,3H2/q+1. The van der Waals surface area contributed by atoms with Crippen LogP contribution in [0.4, 0.5) is 0 Å². The molecule has 3 rings (SSSR count). The van der Waals surface area contributed by atoms with Crippen molar-refractivity contribution in [3.8, 4) is 0 Å². The van der Waals surface area contributed by atoms with E-state index >= 15 is 0 Å². The molecule has 2 fully saturated rings. The lowest BCUT2D eigenvalue weighted by molar-refractivity contribution is -0.677. The highest BCUT2D eigenvalue weighted by atomic mass is 15.6. The van der Waals surface area contributed by atoms with Crippen LogP contribution in [0.3, 0.4) is 0 Å². The summed E-state index contributed by atoms with van der Waals surface area (Å²) in [6.45, 7) is 0. The molecule has 0 bridgehead atoms. The number of nitrogens with zero attached hydrogens (tertiary/aromatic N) is 1. The molecular weight excluding hydrogens is 74.1 g/mol. The average molecular weight is 80.1 g/mol. The largest absolute Gasteiger partial charge is 0.247 e. The van der Waals surface area contributed by atoms with Gasteiger partial charge in [-0.1, -0.05) is 0 Å². The van der Waals surface area contributed by atoms with E-state index in [1.807, 2.05) is 0 Å². The Morgan fingerprint density at radius 2 is 2.00 bits per heavy atom. The zero-order valence-electron chi connectivity index (χ0n) is 3.46. The summed E-state index contributed by atoms with van der Waals surface area (Å²) in [5.74, 6) is 0. The fourth-order valence-corrected chi connectivity index (χ4v) is 1.43. The van der Waals surface area contributed by atoms with Crippen LogP contribution in [-0.4, -0.2) is 16.6 Å². The summed E-state index contributed by atoms with van der Waals surface area (Å²) >= 11 is 0. The van der Waals surface area contributed by atoms with Crippen molar-refractivity contribution in [2.75, 3.05) is 0 Å². The van der Waals surface area contributed by atoms with Crippen molar-refractivity contribution in [1.82, 2.24) is 0 Å². The Labute approximate surface area is 36.5 Å². The van der Waals surface area contributed by atoms with Crippen LogP contribution in [0.5, 0.6) is 0 Å². The summed E-state index contributed by atoms with van der Waals surface area (Å²) in [6, 6.07) is 2.20. The molecule has 0 aromatic carbocycles. The van der Waals surface area contributed by atoms with Gasteiger partial charge in [-0.3, -0.25) is 0 Å². The summed E-state index contributed by atoms with van der Waals surface area (Å²) in [6.07, 6.45) is 6.13. The third kappa shape index (κ3) is 0.0629. The molecule has 0 N–H and O–H groups in total. The SMILES string of the molecule is C1=C[N+]12C1CC12. The van der Waals surface area contributed by atoms with E-state index in [0.717, 1.165) is 12.1 Å². The maximum Gasteiger partial charge on any atom is 0.158 e. The molecule has 0 amide bonds. The minimum absolute atomic E-state index is 1.10. The smallest absolute Gasteiger partial charge is 0.158 e. The van der Waals surface area contributed by atoms with Gasteiger partial charge in [0.1, 0.15) is 0 Å². The van der Waals surface area contributed by atoms with E-state index in [4.69, 9.17) is 0 Å². The molecule has 1 saturated heterocycles. The van der Waals surface area contributed by atoms with Crippen molar-refractivity contribution in [3.05, 3.63) is 12.4 Å². The van der Waals surface area contributed by atoms with E-state index in [-0.39, 0.29) is 0 Å². The molecule has 2 atom stereocenters. The second-order valence-electron chi connectivity index (χ2n) is 2.56. The number of quaternary nitrogens is 1. The summed E-state index contributed by atoms with van der Waals surface area (Å²) in [7, 11) is 0. The Balaban J connectivity index is 2.18. The zero-order chi connectivity index (χ0) is 3.78. The Morgan fingerprint density at radius 1 is 1.33 bits per heavy atom. The predicted molar refractivity (Wildman–Crippen MR) is 21.6 cm³/mol. The van der Waals surface area contributed by atoms with Gasteiger partial charge >= 0.3 is 0 Å². The van der Waals surface area contributed by atoms with Gasteiger partial charge in [0.05, 0.1) is 6.42 Å². The van der Waals surface area contributed by atoms with Crippen molar-refractivity contribution < 1.29 is 4.48 Å². The van der Waals surface area contributed by atoms with E-state index in [1.165, 1.54) is 10.9 Å². The molecule has 1 aliphatic carbocycles. The van der Waals surface area contributed by atoms with E-state index in [9.17, 15) is 0 Å². The first-order chi connectivity index (χ1) is 2.93. The van der Waals surface area contributed by atoms with Gasteiger partial charge in [0, 0.05) is 0 Å². The average Bonchev–Trinajstić information content (AvgIpc) is 2.30. The lowest BCUT2D eigenvalue weighted by Gasteiger charge is -1.93. The molecule has 1 spiro atoms. The minimum Gasteiger partial charge on any atom is -0.247 e. The Bertz CT molecular complexity index is 132. The molecule has 1 heteroatoms. The van der Waals surface area contributed by atoms with E-state index in [0.29, 0.717) is 0 Å². The van der Waals surface area contributed by atoms with Gasteiger partial charge in [0.25, 0.3) is 0 Å². The van der Waals surface area contributed by atoms with Gasteiger partial charge in [-0.15, -0.1) is 0 Å². The van der Waals surface area contributed by atoms with Gasteiger partial charge in [-0.25, -0.2) is 4.48 Å². The van der Waals surface area contributed by atoms with Crippen LogP contribution in [0.1, 0.15) is 6.42 Å². The molecule has 0 aromatic heterocycles. The maximum atomic E-state index is 2.30. The molecule has 1 saturated carbocycles. The lowest BCUT2D eigenvalue weighted by Crippen LogP contribution is -2.05. The number of hydrogen-bond acceptors (Lipinski definition) is 0. The van der Waals surface area contributed by atoms with Crippen LogP contribution in [-0.2, 0) is 0 Å². The molecular formula is C5H6N+. The van der Waals surface area contributed by atoms with Crippen molar-refractivity contribution in [2.24, 2.45) is 0 Å². The van der Waals surface area contributed by atoms with E-state index in [2.05, 4.69) is 12.4 Å². The van der Waals surface area contributed by atoms with Crippen molar-refractivity contribution >= 4 is 0 Å². The number of hydrogen-bond donors (Lipinski definition) is 0. The molecule has 0 aromatic rings. The van der Waals surface area contributed by atoms with Crippen molar-refractivity contribution in [2.45, 2.75) is 18.5 Å². The van der Waals surface area contributed by atoms with Crippen LogP contribution in [0, 0.1) is 0 Å². The van der Waals surface area contributed by atoms with Crippen LogP contribution in [0.2, 0.25) is 0 Å². The number of rotatable bonds is 0. The van der Waals surface area contributed by atoms with Crippen LogP contribution in [0.15, 0.2) is 12.4 Å². The second-order valence-corrected chi connectivity index (χ2v) is 2.56. The summed E-state index contributed by atoms with van der Waals surface area (Å²) in [5, 5.41) is 0. The Kier molecular flexibility index (Phi) is 0.105. The third-order valence-corrected chi connectivity index (χ3v) is 2.28. The fourth-order valence-electron chi connectivity index (χ4n) is 1.43. The molecule has 3 aliphatic rings. The van der Waals surface area contributed by atoms with Gasteiger partial charge in [0.15, 0.2) is 24.5 Å². The van der Waals surface area contributed by atoms with Crippen LogP contribution < -0.4 is 0 Å². The maximum absolute atomic E-state index is 2.30. The monoisotopic (exact) mass is 80.0 g/mol. The highest BCUT2D eigenvalue weighted by molar-refractivity contribution is 5.18. The lowest BCUT2D eigenvalue weighted by atomic mass is 10.7. The normalized spacial score (nSPS) is 61.3. The van der Waals surface area contributed by atoms with Crippen LogP contribution >= 0.6 is 0 Å². The summed E-state index contributed by atoms with van der Waals surface area (Å²) in [5.41, 5.74) is 0. The Morgan fingerprint density at radius 3 is 2.00 bits per heavy atom. The molecule has 1 nitrogen and oxygen atoms in total. The van der Waals surface area contributed by atoms with E-state index < -0.39 is 0 Å². The fraction of sp³-hybridized carbons (Fsp3) is 0.600. The minimum atomic E-state index is 1.10. The van der Waals surface area contributed by atoms with Gasteiger partial charge in [0.2, 0.25) is 0 Å². The van der Waals surface area contributed by atoms with E-state index in [1.54, 1.807) is 0 Å². The van der Waals surface area contributed by atoms with Gasteiger partial charge in [-0.05, 0) is 0 Å². The van der Waals surface area contributed by atoms with Gasteiger partial charge < -0.3 is 0 Å². The van der Waals surface area contributed by atoms with Crippen molar-refractivity contribution in [1.29, 1.82) is 0 Å². The molecule has 2 heterocycles. The first-order valence-electron chi connectivity index (χ1n) is 2.52. The van der Waals surface area contributed by atoms with Crippen molar-refractivity contribution in [3.63, 3.8) is 0 Å². The highest BCUT2D eigenvalue weighted by Gasteiger charge is 2.84. The first-order valence-corrected chi connectivity index (χ1v) is 2.52. The first kappa shape index (κ1) is 2.12. The molecule has 2 unspecified atom stereocenters.